The number of rotatable bonds is 2. The highest BCUT2D eigenvalue weighted by molar-refractivity contribution is 8.15. The number of carbonyl (C=O) groups excluding carboxylic acids is 1. The Morgan fingerprint density at radius 2 is 2.14 bits per heavy atom. The lowest BCUT2D eigenvalue weighted by molar-refractivity contribution is -0.141. The molecule has 1 aliphatic carbocycles. The first-order valence-electron chi connectivity index (χ1n) is 6.62. The van der Waals surface area contributed by atoms with Gasteiger partial charge >= 0.3 is 5.97 Å². The first-order chi connectivity index (χ1) is 10.2. The molecule has 22 heavy (non-hydrogen) atoms. The van der Waals surface area contributed by atoms with Gasteiger partial charge in [0.05, 0.1) is 12.6 Å². The second-order valence-corrected chi connectivity index (χ2v) is 7.05. The zero-order valence-electron chi connectivity index (χ0n) is 12.0. The number of carbonyl (C=O) groups is 1. The molecule has 1 fully saturated rings. The largest absolute Gasteiger partial charge is 0.468 e. The lowest BCUT2D eigenvalue weighted by atomic mass is 9.85. The first-order valence-corrected chi connectivity index (χ1v) is 7.44. The maximum atomic E-state index is 14.3. The van der Waals surface area contributed by atoms with E-state index in [0.717, 1.165) is 17.8 Å². The summed E-state index contributed by atoms with van der Waals surface area (Å²) < 4.78 is 31.9. The van der Waals surface area contributed by atoms with Crippen molar-refractivity contribution in [1.82, 2.24) is 0 Å². The minimum Gasteiger partial charge on any atom is -0.468 e. The van der Waals surface area contributed by atoms with Crippen molar-refractivity contribution < 1.29 is 18.3 Å². The molecule has 0 aromatic heterocycles. The van der Waals surface area contributed by atoms with Crippen LogP contribution in [-0.4, -0.2) is 23.0 Å². The Bertz CT molecular complexity index is 712. The molecule has 0 saturated heterocycles. The fraction of sp³-hybridized carbons (Fsp3) is 0.429. The number of thioether (sulfide) groups is 1. The Morgan fingerprint density at radius 1 is 1.45 bits per heavy atom. The summed E-state index contributed by atoms with van der Waals surface area (Å²) in [5, 5.41) is 0.142. The molecule has 0 radical (unpaired) electrons. The number of nitrogen functional groups attached to an aromatic ring is 1. The van der Waals surface area contributed by atoms with E-state index in [4.69, 9.17) is 16.2 Å². The van der Waals surface area contributed by atoms with Crippen LogP contribution in [0.3, 0.4) is 0 Å². The molecule has 3 rings (SSSR count). The Morgan fingerprint density at radius 3 is 2.77 bits per heavy atom. The van der Waals surface area contributed by atoms with E-state index in [-0.39, 0.29) is 22.3 Å². The molecule has 1 saturated carbocycles. The molecule has 0 amide bonds. The fourth-order valence-corrected chi connectivity index (χ4v) is 4.59. The summed E-state index contributed by atoms with van der Waals surface area (Å²) in [5.74, 6) is -2.84. The maximum absolute atomic E-state index is 14.3. The molecule has 4 N–H and O–H groups in total. The van der Waals surface area contributed by atoms with Gasteiger partial charge in [0.25, 0.3) is 0 Å². The van der Waals surface area contributed by atoms with E-state index >= 15 is 0 Å². The summed E-state index contributed by atoms with van der Waals surface area (Å²) in [6.45, 7) is 1.63. The molecule has 0 spiro atoms. The quantitative estimate of drug-likeness (QED) is 0.638. The molecule has 1 heterocycles. The number of amidine groups is 1. The Kier molecular flexibility index (Phi) is 3.14. The average molecular weight is 327 g/mol. The Labute approximate surface area is 130 Å². The number of esters is 1. The zero-order valence-corrected chi connectivity index (χ0v) is 12.8. The minimum atomic E-state index is -1.16. The molecule has 1 aromatic carbocycles. The monoisotopic (exact) mass is 327 g/mol. The first kappa shape index (κ1) is 15.1. The summed E-state index contributed by atoms with van der Waals surface area (Å²) in [6.07, 6.45) is 0.431. The van der Waals surface area contributed by atoms with Crippen molar-refractivity contribution in [2.24, 2.45) is 16.6 Å². The summed E-state index contributed by atoms with van der Waals surface area (Å²) in [5.41, 5.74) is 10.4. The predicted octanol–water partition coefficient (Wildman–Crippen LogP) is 1.76. The number of halogens is 2. The molecule has 3 atom stereocenters. The van der Waals surface area contributed by atoms with Crippen LogP contribution in [0.1, 0.15) is 18.9 Å². The zero-order chi connectivity index (χ0) is 16.3. The van der Waals surface area contributed by atoms with E-state index in [9.17, 15) is 13.6 Å². The van der Waals surface area contributed by atoms with Crippen molar-refractivity contribution >= 4 is 28.6 Å². The lowest BCUT2D eigenvalue weighted by Crippen LogP contribution is -2.40. The molecular formula is C14H15F2N3O2S. The third-order valence-electron chi connectivity index (χ3n) is 4.34. The van der Waals surface area contributed by atoms with Gasteiger partial charge < -0.3 is 16.2 Å². The van der Waals surface area contributed by atoms with Crippen molar-refractivity contribution in [3.8, 4) is 0 Å². The average Bonchev–Trinajstić information content (AvgIpc) is 3.18. The predicted molar refractivity (Wildman–Crippen MR) is 80.2 cm³/mol. The number of hydrogen-bond acceptors (Lipinski definition) is 6. The highest BCUT2D eigenvalue weighted by Gasteiger charge is 2.71. The third-order valence-corrected chi connectivity index (χ3v) is 5.63. The van der Waals surface area contributed by atoms with Crippen LogP contribution in [0.4, 0.5) is 14.5 Å². The summed E-state index contributed by atoms with van der Waals surface area (Å²) >= 11 is 1.11. The third kappa shape index (κ3) is 1.89. The maximum Gasteiger partial charge on any atom is 0.322 e. The number of hydrogen-bond donors (Lipinski definition) is 2. The van der Waals surface area contributed by atoms with Crippen LogP contribution < -0.4 is 11.5 Å². The molecule has 0 bridgehead atoms. The minimum absolute atomic E-state index is 0.00373. The highest BCUT2D eigenvalue weighted by atomic mass is 32.2. The van der Waals surface area contributed by atoms with Gasteiger partial charge in [0, 0.05) is 17.2 Å². The van der Waals surface area contributed by atoms with Gasteiger partial charge in [-0.1, -0.05) is 11.8 Å². The second-order valence-electron chi connectivity index (χ2n) is 5.70. The van der Waals surface area contributed by atoms with Crippen molar-refractivity contribution in [3.63, 3.8) is 0 Å². The number of nitrogens with two attached hydrogens (primary N) is 2. The molecule has 1 aromatic rings. The van der Waals surface area contributed by atoms with Crippen LogP contribution in [0.5, 0.6) is 0 Å². The lowest BCUT2D eigenvalue weighted by Gasteiger charge is -2.33. The molecule has 1 unspecified atom stereocenters. The molecule has 118 valence electrons. The fourth-order valence-electron chi connectivity index (χ4n) is 3.19. The number of benzene rings is 1. The number of fused-ring (bicyclic) bond motifs is 1. The molecule has 8 heteroatoms. The Hall–Kier alpha value is -1.83. The van der Waals surface area contributed by atoms with Crippen molar-refractivity contribution in [2.75, 3.05) is 12.8 Å². The van der Waals surface area contributed by atoms with Crippen LogP contribution in [0, 0.1) is 17.6 Å². The molecule has 1 aliphatic heterocycles. The topological polar surface area (TPSA) is 90.7 Å². The molecular weight excluding hydrogens is 312 g/mol. The van der Waals surface area contributed by atoms with Gasteiger partial charge in [0.1, 0.15) is 4.75 Å². The van der Waals surface area contributed by atoms with E-state index in [0.29, 0.717) is 6.42 Å². The van der Waals surface area contributed by atoms with Crippen LogP contribution in [0.15, 0.2) is 17.1 Å². The number of methoxy groups -OCH3 is 1. The smallest absolute Gasteiger partial charge is 0.322 e. The number of aliphatic imine (C=N–C) groups is 1. The van der Waals surface area contributed by atoms with Crippen LogP contribution >= 0.6 is 11.8 Å². The molecule has 2 aliphatic rings. The van der Waals surface area contributed by atoms with Gasteiger partial charge in [-0.2, -0.15) is 0 Å². The van der Waals surface area contributed by atoms with Gasteiger partial charge in [-0.25, -0.2) is 8.78 Å². The van der Waals surface area contributed by atoms with Gasteiger partial charge in [-0.15, -0.1) is 0 Å². The summed E-state index contributed by atoms with van der Waals surface area (Å²) in [7, 11) is 1.28. The van der Waals surface area contributed by atoms with Gasteiger partial charge in [-0.3, -0.25) is 9.79 Å². The SMILES string of the molecule is COC(=O)[C@]12CC1[C@@](C)(c1cc(N)cc(F)c1F)N=C(N)S2. The van der Waals surface area contributed by atoms with Crippen molar-refractivity contribution in [1.29, 1.82) is 0 Å². The van der Waals surface area contributed by atoms with Crippen LogP contribution in [-0.2, 0) is 15.1 Å². The standard InChI is InChI=1S/C14H15F2N3O2S/c1-13(7-3-6(17)4-8(15)10(7)16)9-5-14(9,11(20)21-2)22-12(18)19-13/h3-4,9H,5,17H2,1-2H3,(H2,18,19)/t9?,13-,14+/m1/s1. The van der Waals surface area contributed by atoms with Gasteiger partial charge in [0.15, 0.2) is 16.8 Å². The summed E-state index contributed by atoms with van der Waals surface area (Å²) in [4.78, 5) is 16.4. The van der Waals surface area contributed by atoms with E-state index in [1.807, 2.05) is 0 Å². The Balaban J connectivity index is 2.14. The number of ether oxygens (including phenoxy) is 1. The van der Waals surface area contributed by atoms with E-state index in [1.165, 1.54) is 13.2 Å². The highest BCUT2D eigenvalue weighted by Crippen LogP contribution is 2.66. The van der Waals surface area contributed by atoms with Gasteiger partial charge in [-0.05, 0) is 25.5 Å². The number of nitrogens with zero attached hydrogens (tertiary/aromatic N) is 1. The summed E-state index contributed by atoms with van der Waals surface area (Å²) in [6, 6.07) is 2.25. The second kappa shape index (κ2) is 4.58. The van der Waals surface area contributed by atoms with Crippen LogP contribution in [0.25, 0.3) is 0 Å². The van der Waals surface area contributed by atoms with E-state index < -0.39 is 27.9 Å². The van der Waals surface area contributed by atoms with Crippen molar-refractivity contribution in [3.05, 3.63) is 29.3 Å². The molecule has 5 nitrogen and oxygen atoms in total. The van der Waals surface area contributed by atoms with Gasteiger partial charge in [0.2, 0.25) is 0 Å². The van der Waals surface area contributed by atoms with E-state index in [1.54, 1.807) is 6.92 Å². The van der Waals surface area contributed by atoms with E-state index in [2.05, 4.69) is 4.99 Å². The number of anilines is 1. The van der Waals surface area contributed by atoms with Crippen molar-refractivity contribution in [2.45, 2.75) is 23.6 Å². The van der Waals surface area contributed by atoms with Crippen LogP contribution in [0.2, 0.25) is 0 Å². The normalized spacial score (nSPS) is 32.9.